The van der Waals surface area contributed by atoms with E-state index in [4.69, 9.17) is 18.0 Å². The minimum absolute atomic E-state index is 0.289. The van der Waals surface area contributed by atoms with Crippen molar-refractivity contribution in [1.82, 2.24) is 4.90 Å². The average Bonchev–Trinajstić information content (AvgIpc) is 2.35. The van der Waals surface area contributed by atoms with Gasteiger partial charge in [-0.15, -0.1) is 0 Å². The van der Waals surface area contributed by atoms with E-state index < -0.39 is 0 Å². The quantitative estimate of drug-likeness (QED) is 0.731. The molecular weight excluding hydrogens is 256 g/mol. The van der Waals surface area contributed by atoms with Gasteiger partial charge in [-0.2, -0.15) is 0 Å². The number of nitrogens with zero attached hydrogens (tertiary/aromatic N) is 1. The average molecular weight is 284 g/mol. The van der Waals surface area contributed by atoms with E-state index >= 15 is 0 Å². The highest BCUT2D eigenvalue weighted by Crippen LogP contribution is 2.27. The number of thiocarbonyl (C=S) groups is 1. The van der Waals surface area contributed by atoms with Gasteiger partial charge in [0, 0.05) is 25.9 Å². The zero-order valence-corrected chi connectivity index (χ0v) is 13.2. The van der Waals surface area contributed by atoms with E-state index in [0.29, 0.717) is 36.2 Å². The normalized spacial score (nSPS) is 16.6. The molecule has 2 N–H and O–H groups in total. The van der Waals surface area contributed by atoms with Crippen molar-refractivity contribution in [3.63, 3.8) is 0 Å². The lowest BCUT2D eigenvalue weighted by molar-refractivity contribution is -0.132. The van der Waals surface area contributed by atoms with E-state index in [1.54, 1.807) is 0 Å². The van der Waals surface area contributed by atoms with Crippen molar-refractivity contribution < 1.29 is 4.79 Å². The number of carbonyl (C=O) groups is 1. The topological polar surface area (TPSA) is 46.3 Å². The van der Waals surface area contributed by atoms with Crippen LogP contribution in [0.4, 0.5) is 0 Å². The van der Waals surface area contributed by atoms with E-state index in [1.807, 2.05) is 4.90 Å². The van der Waals surface area contributed by atoms with Crippen LogP contribution in [0.5, 0.6) is 0 Å². The smallest absolute Gasteiger partial charge is 0.222 e. The molecule has 1 amide bonds. The molecule has 0 heterocycles. The highest BCUT2D eigenvalue weighted by molar-refractivity contribution is 7.80. The number of nitrogens with two attached hydrogens (primary N) is 1. The van der Waals surface area contributed by atoms with Crippen molar-refractivity contribution >= 4 is 23.1 Å². The van der Waals surface area contributed by atoms with Crippen molar-refractivity contribution in [1.29, 1.82) is 0 Å². The third-order valence-corrected chi connectivity index (χ3v) is 3.96. The van der Waals surface area contributed by atoms with Crippen molar-refractivity contribution in [2.24, 2.45) is 17.6 Å². The molecule has 0 aromatic rings. The summed E-state index contributed by atoms with van der Waals surface area (Å²) in [6, 6.07) is 0. The van der Waals surface area contributed by atoms with Gasteiger partial charge in [-0.25, -0.2) is 0 Å². The Morgan fingerprint density at radius 1 is 1.32 bits per heavy atom. The fourth-order valence-electron chi connectivity index (χ4n) is 2.77. The molecule has 0 aromatic heterocycles. The first-order valence-electron chi connectivity index (χ1n) is 7.55. The summed E-state index contributed by atoms with van der Waals surface area (Å²) in [5.41, 5.74) is 5.55. The molecule has 0 atom stereocenters. The second-order valence-corrected chi connectivity index (χ2v) is 6.68. The van der Waals surface area contributed by atoms with Gasteiger partial charge < -0.3 is 10.6 Å². The Morgan fingerprint density at radius 2 is 1.95 bits per heavy atom. The Labute approximate surface area is 122 Å². The molecule has 0 aromatic carbocycles. The Morgan fingerprint density at radius 3 is 2.47 bits per heavy atom. The molecule has 0 bridgehead atoms. The van der Waals surface area contributed by atoms with E-state index in [0.717, 1.165) is 6.54 Å². The van der Waals surface area contributed by atoms with Crippen LogP contribution in [0, 0.1) is 11.8 Å². The van der Waals surface area contributed by atoms with Crippen LogP contribution in [0.2, 0.25) is 0 Å². The first-order valence-corrected chi connectivity index (χ1v) is 7.96. The molecule has 0 unspecified atom stereocenters. The Kier molecular flexibility index (Phi) is 7.36. The molecule has 3 nitrogen and oxygen atoms in total. The molecule has 0 aliphatic heterocycles. The predicted molar refractivity (Wildman–Crippen MR) is 84.0 cm³/mol. The van der Waals surface area contributed by atoms with Crippen LogP contribution >= 0.6 is 12.2 Å². The molecule has 4 heteroatoms. The van der Waals surface area contributed by atoms with Crippen LogP contribution < -0.4 is 5.73 Å². The number of rotatable bonds is 7. The summed E-state index contributed by atoms with van der Waals surface area (Å²) in [5.74, 6) is 1.37. The minimum atomic E-state index is 0.289. The molecule has 1 aliphatic carbocycles. The van der Waals surface area contributed by atoms with E-state index in [-0.39, 0.29) is 5.91 Å². The maximum Gasteiger partial charge on any atom is 0.222 e. The monoisotopic (exact) mass is 284 g/mol. The number of hydrogen-bond acceptors (Lipinski definition) is 2. The molecule has 0 radical (unpaired) electrons. The highest BCUT2D eigenvalue weighted by atomic mass is 32.1. The van der Waals surface area contributed by atoms with Gasteiger partial charge in [0.2, 0.25) is 5.91 Å². The van der Waals surface area contributed by atoms with Crippen LogP contribution in [-0.2, 0) is 4.79 Å². The van der Waals surface area contributed by atoms with Crippen molar-refractivity contribution in [3.05, 3.63) is 0 Å². The Bertz CT molecular complexity index is 299. The van der Waals surface area contributed by atoms with E-state index in [2.05, 4.69) is 13.8 Å². The lowest BCUT2D eigenvalue weighted by Crippen LogP contribution is -2.37. The molecule has 19 heavy (non-hydrogen) atoms. The highest BCUT2D eigenvalue weighted by Gasteiger charge is 2.21. The first-order chi connectivity index (χ1) is 8.99. The van der Waals surface area contributed by atoms with Gasteiger partial charge in [-0.05, 0) is 24.7 Å². The maximum atomic E-state index is 12.4. The third-order valence-electron chi connectivity index (χ3n) is 3.75. The maximum absolute atomic E-state index is 12.4. The molecule has 1 fully saturated rings. The fraction of sp³-hybridized carbons (Fsp3) is 0.867. The van der Waals surface area contributed by atoms with E-state index in [1.165, 1.54) is 32.1 Å². The van der Waals surface area contributed by atoms with Crippen molar-refractivity contribution in [2.45, 2.75) is 58.8 Å². The fourth-order valence-corrected chi connectivity index (χ4v) is 2.86. The third kappa shape index (κ3) is 6.90. The van der Waals surface area contributed by atoms with Crippen molar-refractivity contribution in [2.75, 3.05) is 13.1 Å². The van der Waals surface area contributed by atoms with Crippen LogP contribution in [0.3, 0.4) is 0 Å². The molecule has 0 saturated heterocycles. The van der Waals surface area contributed by atoms with Crippen LogP contribution in [-0.4, -0.2) is 28.9 Å². The summed E-state index contributed by atoms with van der Waals surface area (Å²) in [5, 5.41) is 0. The molecule has 0 spiro atoms. The van der Waals surface area contributed by atoms with Crippen LogP contribution in [0.25, 0.3) is 0 Å². The van der Waals surface area contributed by atoms with Crippen molar-refractivity contribution in [3.8, 4) is 0 Å². The second-order valence-electron chi connectivity index (χ2n) is 6.16. The molecule has 1 rings (SSSR count). The lowest BCUT2D eigenvalue weighted by atomic mass is 9.86. The van der Waals surface area contributed by atoms with Gasteiger partial charge in [0.1, 0.15) is 0 Å². The summed E-state index contributed by atoms with van der Waals surface area (Å²) < 4.78 is 0. The van der Waals surface area contributed by atoms with Gasteiger partial charge >= 0.3 is 0 Å². The van der Waals surface area contributed by atoms with E-state index in [9.17, 15) is 4.79 Å². The van der Waals surface area contributed by atoms with Gasteiger partial charge in [-0.3, -0.25) is 4.79 Å². The van der Waals surface area contributed by atoms with Crippen LogP contribution in [0.1, 0.15) is 58.8 Å². The molecular formula is C15H28N2OS. The van der Waals surface area contributed by atoms with Gasteiger partial charge in [0.25, 0.3) is 0 Å². The van der Waals surface area contributed by atoms with Gasteiger partial charge in [0.15, 0.2) is 0 Å². The van der Waals surface area contributed by atoms with Gasteiger partial charge in [0.05, 0.1) is 4.99 Å². The molecule has 1 aliphatic rings. The second kappa shape index (κ2) is 8.51. The largest absolute Gasteiger partial charge is 0.393 e. The van der Waals surface area contributed by atoms with Gasteiger partial charge in [-0.1, -0.05) is 45.3 Å². The van der Waals surface area contributed by atoms with Crippen LogP contribution in [0.15, 0.2) is 0 Å². The summed E-state index contributed by atoms with van der Waals surface area (Å²) in [7, 11) is 0. The lowest BCUT2D eigenvalue weighted by Gasteiger charge is -2.28. The number of carbonyl (C=O) groups excluding carboxylic acids is 1. The number of hydrogen-bond donors (Lipinski definition) is 1. The first kappa shape index (κ1) is 16.4. The zero-order valence-electron chi connectivity index (χ0n) is 12.4. The number of amides is 1. The Balaban J connectivity index is 2.46. The summed E-state index contributed by atoms with van der Waals surface area (Å²) in [4.78, 5) is 14.9. The standard InChI is InChI=1S/C15H28N2OS/c1-12(2)11-17(9-8-14(16)19)15(18)10-13-6-4-3-5-7-13/h12-13H,3-11H2,1-2H3,(H2,16,19). The SMILES string of the molecule is CC(C)CN(CCC(N)=S)C(=O)CC1CCCCC1. The summed E-state index contributed by atoms with van der Waals surface area (Å²) in [6.45, 7) is 5.77. The predicted octanol–water partition coefficient (Wildman–Crippen LogP) is 3.12. The summed E-state index contributed by atoms with van der Waals surface area (Å²) in [6.07, 6.45) is 7.70. The summed E-state index contributed by atoms with van der Waals surface area (Å²) >= 11 is 4.92. The Hall–Kier alpha value is -0.640. The minimum Gasteiger partial charge on any atom is -0.393 e. The zero-order chi connectivity index (χ0) is 14.3. The molecule has 110 valence electrons. The molecule has 1 saturated carbocycles.